The first kappa shape index (κ1) is 57.2. The number of aromatic nitrogens is 2. The summed E-state index contributed by atoms with van der Waals surface area (Å²) >= 11 is 0. The number of carbonyl (C=O) groups excluding carboxylic acids is 8. The van der Waals surface area contributed by atoms with Gasteiger partial charge < -0.3 is 50.1 Å². The number of ether oxygens (including phenoxy) is 3. The second-order valence-electron chi connectivity index (χ2n) is 21.9. The Balaban J connectivity index is 0.964. The van der Waals surface area contributed by atoms with Crippen LogP contribution in [0, 0.1) is 18.7 Å². The molecular formula is C57H67FN8O13. The van der Waals surface area contributed by atoms with Crippen LogP contribution >= 0.6 is 0 Å². The predicted molar refractivity (Wildman–Crippen MR) is 285 cm³/mol. The summed E-state index contributed by atoms with van der Waals surface area (Å²) in [5.41, 5.74) is 1.48. The highest BCUT2D eigenvalue weighted by Gasteiger charge is 2.46. The molecule has 0 radical (unpaired) electrons. The molecule has 8 rings (SSSR count). The molecule has 0 spiro atoms. The number of esters is 1. The Hall–Kier alpha value is -8.01. The molecular weight excluding hydrogens is 1020 g/mol. The maximum atomic E-state index is 15.6. The van der Waals surface area contributed by atoms with Gasteiger partial charge in [-0.3, -0.25) is 33.7 Å². The van der Waals surface area contributed by atoms with Crippen molar-refractivity contribution in [2.75, 3.05) is 18.9 Å². The monoisotopic (exact) mass is 1090 g/mol. The molecule has 4 aliphatic rings. The number of carbonyl (C=O) groups is 8. The smallest absolute Gasteiger partial charge is 0.410 e. The van der Waals surface area contributed by atoms with Gasteiger partial charge in [-0.25, -0.2) is 23.8 Å². The summed E-state index contributed by atoms with van der Waals surface area (Å²) in [6, 6.07) is 4.96. The van der Waals surface area contributed by atoms with E-state index in [9.17, 15) is 48.3 Å². The Morgan fingerprint density at radius 3 is 2.35 bits per heavy atom. The van der Waals surface area contributed by atoms with Crippen molar-refractivity contribution in [1.82, 2.24) is 35.3 Å². The van der Waals surface area contributed by atoms with Crippen LogP contribution in [-0.2, 0) is 81.3 Å². The van der Waals surface area contributed by atoms with Crippen molar-refractivity contribution in [3.63, 3.8) is 0 Å². The van der Waals surface area contributed by atoms with Gasteiger partial charge in [0, 0.05) is 67.0 Å². The average molecular weight is 1090 g/mol. The van der Waals surface area contributed by atoms with E-state index in [0.29, 0.717) is 87.8 Å². The summed E-state index contributed by atoms with van der Waals surface area (Å²) < 4.78 is 33.8. The number of benzene rings is 2. The molecule has 3 aliphatic heterocycles. The molecule has 0 saturated heterocycles. The second kappa shape index (κ2) is 22.8. The van der Waals surface area contributed by atoms with Crippen molar-refractivity contribution in [3.8, 4) is 11.4 Å². The number of cyclic esters (lactones) is 1. The summed E-state index contributed by atoms with van der Waals surface area (Å²) in [5.74, 6) is -3.95. The molecule has 0 unspecified atom stereocenters. The molecule has 0 saturated carbocycles. The van der Waals surface area contributed by atoms with Crippen molar-refractivity contribution in [2.24, 2.45) is 5.92 Å². The molecule has 2 aromatic heterocycles. The number of alkyl carbamates (subject to hydrolysis) is 1. The maximum absolute atomic E-state index is 15.6. The number of hydrogen-bond acceptors (Lipinski definition) is 14. The Labute approximate surface area is 455 Å². The van der Waals surface area contributed by atoms with E-state index in [1.165, 1.54) is 41.7 Å². The van der Waals surface area contributed by atoms with Gasteiger partial charge in [0.15, 0.2) is 5.60 Å². The second-order valence-corrected chi connectivity index (χ2v) is 21.9. The predicted octanol–water partition coefficient (Wildman–Crippen LogP) is 5.88. The fourth-order valence-electron chi connectivity index (χ4n) is 10.5. The zero-order valence-electron chi connectivity index (χ0n) is 45.8. The number of amides is 7. The highest BCUT2D eigenvalue weighted by molar-refractivity contribution is 6.12. The molecule has 7 amide bonds. The molecule has 4 aromatic rings. The van der Waals surface area contributed by atoms with Crippen molar-refractivity contribution in [3.05, 3.63) is 103 Å². The van der Waals surface area contributed by atoms with Gasteiger partial charge in [-0.05, 0) is 119 Å². The first-order chi connectivity index (χ1) is 37.3. The van der Waals surface area contributed by atoms with Crippen LogP contribution in [0.5, 0.6) is 0 Å². The van der Waals surface area contributed by atoms with Crippen LogP contribution < -0.4 is 26.8 Å². The van der Waals surface area contributed by atoms with Crippen molar-refractivity contribution in [1.29, 1.82) is 0 Å². The lowest BCUT2D eigenvalue weighted by Gasteiger charge is -2.31. The third-order valence-corrected chi connectivity index (χ3v) is 14.8. The zero-order chi connectivity index (χ0) is 57.4. The molecule has 22 heteroatoms. The number of halogens is 1. The third-order valence-electron chi connectivity index (χ3n) is 14.8. The third kappa shape index (κ3) is 11.9. The van der Waals surface area contributed by atoms with Gasteiger partial charge in [0.05, 0.1) is 35.1 Å². The number of pyridine rings is 2. The van der Waals surface area contributed by atoms with E-state index in [1.807, 2.05) is 0 Å². The van der Waals surface area contributed by atoms with Crippen LogP contribution in [0.25, 0.3) is 22.3 Å². The van der Waals surface area contributed by atoms with E-state index in [0.717, 1.165) is 4.90 Å². The zero-order valence-corrected chi connectivity index (χ0v) is 45.8. The van der Waals surface area contributed by atoms with Crippen LogP contribution in [-0.4, -0.2) is 103 Å². The van der Waals surface area contributed by atoms with Gasteiger partial charge in [0.1, 0.15) is 36.7 Å². The number of rotatable bonds is 18. The minimum atomic E-state index is -2.07. The fourth-order valence-corrected chi connectivity index (χ4v) is 10.5. The first-order valence-electron chi connectivity index (χ1n) is 26.5. The van der Waals surface area contributed by atoms with E-state index >= 15 is 4.39 Å². The van der Waals surface area contributed by atoms with E-state index in [2.05, 4.69) is 21.3 Å². The van der Waals surface area contributed by atoms with Crippen molar-refractivity contribution < 1.29 is 62.1 Å². The summed E-state index contributed by atoms with van der Waals surface area (Å²) in [6.07, 6.45) is 3.30. The number of hydrogen-bond donors (Lipinski definition) is 5. The van der Waals surface area contributed by atoms with Gasteiger partial charge >= 0.3 is 18.2 Å². The van der Waals surface area contributed by atoms with Crippen LogP contribution in [0.15, 0.2) is 47.3 Å². The number of nitrogens with one attached hydrogen (secondary N) is 4. The quantitative estimate of drug-likeness (QED) is 0.0297. The Morgan fingerprint density at radius 1 is 0.949 bits per heavy atom. The van der Waals surface area contributed by atoms with Crippen molar-refractivity contribution >= 4 is 64.3 Å². The lowest BCUT2D eigenvalue weighted by Crippen LogP contribution is -2.53. The number of fused-ring (bicyclic) bond motifs is 5. The molecule has 2 aromatic carbocycles. The number of unbranched alkanes of at least 4 members (excludes halogenated alkanes) is 2. The average Bonchev–Trinajstić information content (AvgIpc) is 4.20. The summed E-state index contributed by atoms with van der Waals surface area (Å²) in [4.78, 5) is 125. The number of aryl methyl sites for hydroxylation is 1. The number of imide groups is 1. The van der Waals surface area contributed by atoms with Crippen LogP contribution in [0.2, 0.25) is 0 Å². The van der Waals surface area contributed by atoms with Gasteiger partial charge in [0.25, 0.3) is 17.4 Å². The molecule has 0 bridgehead atoms. The van der Waals surface area contributed by atoms with Crippen LogP contribution in [0.3, 0.4) is 0 Å². The van der Waals surface area contributed by atoms with E-state index < -0.39 is 70.7 Å². The number of anilines is 1. The molecule has 5 N–H and O–H groups in total. The van der Waals surface area contributed by atoms with Crippen LogP contribution in [0.4, 0.5) is 19.7 Å². The largest absolute Gasteiger partial charge is 0.458 e. The first-order valence-corrected chi connectivity index (χ1v) is 26.5. The van der Waals surface area contributed by atoms with Crippen molar-refractivity contribution in [2.45, 2.75) is 156 Å². The summed E-state index contributed by atoms with van der Waals surface area (Å²) in [7, 11) is 1.53. The van der Waals surface area contributed by atoms with Gasteiger partial charge in [-0.15, -0.1) is 0 Å². The molecule has 5 heterocycles. The summed E-state index contributed by atoms with van der Waals surface area (Å²) in [5, 5.41) is 23.3. The molecule has 4 atom stereocenters. The number of aliphatic hydroxyl groups is 1. The highest BCUT2D eigenvalue weighted by atomic mass is 19.1. The number of nitrogens with zero attached hydrogens (tertiary/aromatic N) is 4. The minimum Gasteiger partial charge on any atom is -0.458 e. The summed E-state index contributed by atoms with van der Waals surface area (Å²) in [6.45, 7) is 13.1. The Bertz CT molecular complexity index is 3270. The molecule has 21 nitrogen and oxygen atoms in total. The van der Waals surface area contributed by atoms with E-state index in [4.69, 9.17) is 19.2 Å². The standard InChI is InChI=1S/C57H67FN8O13/c1-10-57(76)38-23-42-49-36(26-66(42)52(72)37(38)28-77-53(57)73)47-40(18-17-35-30(4)39(58)24-41(61-49)46(35)47)62-54(74)78-27-32-15-16-34(22-33(32)25-64(9)55(75)79-56(6,7)8)60-50(70)31(5)59-51(71)48(29(2)3)63-43(67)14-12-11-13-21-65-44(68)19-20-45(65)69/h15-16,19-20,22-24,29,31,40,48,76H,10-14,17-18,21,25-28H2,1-9H3,(H,59,71)(H,60,70)(H,62,74)(H,63,67)/t31-,40-,48-,57-/m0/s1. The maximum Gasteiger partial charge on any atom is 0.410 e. The van der Waals surface area contributed by atoms with Gasteiger partial charge in [-0.1, -0.05) is 33.3 Å². The lowest BCUT2D eigenvalue weighted by atomic mass is 9.81. The molecule has 420 valence electrons. The minimum absolute atomic E-state index is 0.0350. The Kier molecular flexibility index (Phi) is 16.5. The van der Waals surface area contributed by atoms with Gasteiger partial charge in [-0.2, -0.15) is 0 Å². The normalized spacial score (nSPS) is 17.8. The highest BCUT2D eigenvalue weighted by Crippen LogP contribution is 2.46. The molecule has 0 fully saturated rings. The Morgan fingerprint density at radius 2 is 1.67 bits per heavy atom. The SMILES string of the molecule is CC[C@@]1(O)C(=O)OCc2c1cc1n(c2=O)Cc2c-1nc1cc(F)c(C)c3c1c2[C@@H](NC(=O)OCc1ccc(NC(=O)[C@H](C)NC(=O)[C@@H](NC(=O)CCCCCN2C(=O)C=CC2=O)C(C)C)cc1CN(C)C(=O)OC(C)(C)C)CC3. The lowest BCUT2D eigenvalue weighted by molar-refractivity contribution is -0.172. The van der Waals surface area contributed by atoms with Crippen LogP contribution in [0.1, 0.15) is 138 Å². The fraction of sp³-hybridized carbons (Fsp3) is 0.474. The molecule has 1 aliphatic carbocycles. The van der Waals surface area contributed by atoms with E-state index in [1.54, 1.807) is 72.7 Å². The van der Waals surface area contributed by atoms with Gasteiger partial charge in [0.2, 0.25) is 17.7 Å². The topological polar surface area (TPSA) is 274 Å². The molecule has 79 heavy (non-hydrogen) atoms. The van der Waals surface area contributed by atoms with E-state index in [-0.39, 0.29) is 86.1 Å².